The number of nitrogens with zero attached hydrogens (tertiary/aromatic N) is 2. The van der Waals surface area contributed by atoms with Crippen molar-refractivity contribution in [2.24, 2.45) is 7.05 Å². The van der Waals surface area contributed by atoms with Crippen molar-refractivity contribution in [1.82, 2.24) is 15.1 Å². The molecule has 0 fully saturated rings. The molecule has 1 atom stereocenters. The first-order valence-electron chi connectivity index (χ1n) is 6.29. The molecular formula is C14H17FN4S. The topological polar surface area (TPSA) is 41.9 Å². The lowest BCUT2D eigenvalue weighted by Gasteiger charge is -2.16. The van der Waals surface area contributed by atoms with Crippen LogP contribution in [-0.2, 0) is 7.05 Å². The van der Waals surface area contributed by atoms with Crippen molar-refractivity contribution in [1.29, 1.82) is 0 Å². The Labute approximate surface area is 123 Å². The summed E-state index contributed by atoms with van der Waals surface area (Å²) >= 11 is 5.25. The van der Waals surface area contributed by atoms with Gasteiger partial charge >= 0.3 is 0 Å². The molecule has 0 saturated carbocycles. The Bertz CT molecular complexity index is 606. The molecule has 1 heterocycles. The van der Waals surface area contributed by atoms with Crippen LogP contribution in [0.25, 0.3) is 0 Å². The van der Waals surface area contributed by atoms with Crippen LogP contribution in [-0.4, -0.2) is 14.9 Å². The lowest BCUT2D eigenvalue weighted by Crippen LogP contribution is -2.31. The smallest absolute Gasteiger partial charge is 0.171 e. The molecule has 0 amide bonds. The summed E-state index contributed by atoms with van der Waals surface area (Å²) in [4.78, 5) is 0. The van der Waals surface area contributed by atoms with Gasteiger partial charge in [0.25, 0.3) is 0 Å². The number of aryl methyl sites for hydroxylation is 2. The van der Waals surface area contributed by atoms with Gasteiger partial charge in [0, 0.05) is 24.5 Å². The van der Waals surface area contributed by atoms with Crippen LogP contribution in [0.15, 0.2) is 30.5 Å². The van der Waals surface area contributed by atoms with Gasteiger partial charge in [-0.15, -0.1) is 0 Å². The summed E-state index contributed by atoms with van der Waals surface area (Å²) in [5, 5.41) is 11.0. The van der Waals surface area contributed by atoms with Gasteiger partial charge in [-0.3, -0.25) is 4.68 Å². The Kier molecular flexibility index (Phi) is 4.34. The van der Waals surface area contributed by atoms with Crippen LogP contribution in [0.1, 0.15) is 24.2 Å². The molecule has 2 N–H and O–H groups in total. The number of hydrogen-bond acceptors (Lipinski definition) is 2. The van der Waals surface area contributed by atoms with Crippen LogP contribution in [0, 0.1) is 12.7 Å². The summed E-state index contributed by atoms with van der Waals surface area (Å²) in [6, 6.07) is 6.11. The van der Waals surface area contributed by atoms with E-state index in [1.54, 1.807) is 16.8 Å². The maximum atomic E-state index is 12.8. The van der Waals surface area contributed by atoms with Crippen LogP contribution in [0.4, 0.5) is 10.1 Å². The third kappa shape index (κ3) is 3.54. The van der Waals surface area contributed by atoms with Gasteiger partial charge < -0.3 is 10.6 Å². The standard InChI is InChI=1S/C14H17FN4S/c1-9(13-8-19(3)18-10(13)2)16-14(20)17-12-6-4-11(15)5-7-12/h4-9H,1-3H3,(H2,16,17,20). The van der Waals surface area contributed by atoms with E-state index in [1.807, 2.05) is 27.1 Å². The molecule has 1 unspecified atom stereocenters. The van der Waals surface area contributed by atoms with E-state index < -0.39 is 0 Å². The highest BCUT2D eigenvalue weighted by Crippen LogP contribution is 2.16. The first kappa shape index (κ1) is 14.5. The summed E-state index contributed by atoms with van der Waals surface area (Å²) in [5.41, 5.74) is 2.81. The zero-order valence-corrected chi connectivity index (χ0v) is 12.5. The fourth-order valence-electron chi connectivity index (χ4n) is 2.02. The predicted molar refractivity (Wildman–Crippen MR) is 82.1 cm³/mol. The number of benzene rings is 1. The van der Waals surface area contributed by atoms with Gasteiger partial charge in [-0.25, -0.2) is 4.39 Å². The van der Waals surface area contributed by atoms with E-state index in [0.29, 0.717) is 5.11 Å². The van der Waals surface area contributed by atoms with E-state index in [4.69, 9.17) is 12.2 Å². The quantitative estimate of drug-likeness (QED) is 0.854. The predicted octanol–water partition coefficient (Wildman–Crippen LogP) is 2.92. The summed E-state index contributed by atoms with van der Waals surface area (Å²) in [6.45, 7) is 3.98. The van der Waals surface area contributed by atoms with Crippen LogP contribution in [0.5, 0.6) is 0 Å². The van der Waals surface area contributed by atoms with E-state index in [0.717, 1.165) is 16.9 Å². The molecule has 106 valence electrons. The molecule has 2 aromatic rings. The minimum atomic E-state index is -0.270. The van der Waals surface area contributed by atoms with Gasteiger partial charge in [0.1, 0.15) is 5.82 Å². The van der Waals surface area contributed by atoms with Gasteiger partial charge in [0.15, 0.2) is 5.11 Å². The minimum Gasteiger partial charge on any atom is -0.356 e. The zero-order valence-electron chi connectivity index (χ0n) is 11.6. The van der Waals surface area contributed by atoms with Crippen LogP contribution >= 0.6 is 12.2 Å². The fourth-order valence-corrected chi connectivity index (χ4v) is 2.31. The molecule has 0 radical (unpaired) electrons. The maximum absolute atomic E-state index is 12.8. The van der Waals surface area contributed by atoms with Crippen molar-refractivity contribution in [3.05, 3.63) is 47.5 Å². The molecule has 0 aliphatic carbocycles. The molecule has 2 rings (SSSR count). The maximum Gasteiger partial charge on any atom is 0.171 e. The second-order valence-electron chi connectivity index (χ2n) is 4.67. The number of nitrogens with one attached hydrogen (secondary N) is 2. The lowest BCUT2D eigenvalue weighted by atomic mass is 10.1. The average Bonchev–Trinajstić information content (AvgIpc) is 2.71. The Hall–Kier alpha value is -1.95. The summed E-state index contributed by atoms with van der Waals surface area (Å²) in [6.07, 6.45) is 1.97. The zero-order chi connectivity index (χ0) is 14.7. The van der Waals surface area contributed by atoms with E-state index >= 15 is 0 Å². The Morgan fingerprint density at radius 1 is 1.35 bits per heavy atom. The summed E-state index contributed by atoms with van der Waals surface area (Å²) < 4.78 is 14.6. The third-order valence-electron chi connectivity index (χ3n) is 2.97. The van der Waals surface area contributed by atoms with Crippen molar-refractivity contribution in [2.75, 3.05) is 5.32 Å². The number of anilines is 1. The van der Waals surface area contributed by atoms with Crippen molar-refractivity contribution in [3.8, 4) is 0 Å². The van der Waals surface area contributed by atoms with E-state index in [9.17, 15) is 4.39 Å². The molecule has 1 aromatic carbocycles. The van der Waals surface area contributed by atoms with Crippen molar-refractivity contribution >= 4 is 23.0 Å². The molecule has 0 aliphatic heterocycles. The van der Waals surface area contributed by atoms with Gasteiger partial charge in [-0.05, 0) is 50.3 Å². The Morgan fingerprint density at radius 3 is 2.55 bits per heavy atom. The van der Waals surface area contributed by atoms with Crippen LogP contribution < -0.4 is 10.6 Å². The molecule has 0 spiro atoms. The van der Waals surface area contributed by atoms with E-state index in [2.05, 4.69) is 15.7 Å². The van der Waals surface area contributed by atoms with Crippen molar-refractivity contribution in [2.45, 2.75) is 19.9 Å². The number of aromatic nitrogens is 2. The first-order chi connectivity index (χ1) is 9.45. The molecule has 0 saturated heterocycles. The number of thiocarbonyl (C=S) groups is 1. The molecule has 0 bridgehead atoms. The molecular weight excluding hydrogens is 275 g/mol. The highest BCUT2D eigenvalue weighted by molar-refractivity contribution is 7.80. The van der Waals surface area contributed by atoms with Crippen LogP contribution in [0.3, 0.4) is 0 Å². The van der Waals surface area contributed by atoms with E-state index in [-0.39, 0.29) is 11.9 Å². The largest absolute Gasteiger partial charge is 0.356 e. The van der Waals surface area contributed by atoms with Gasteiger partial charge in [0.2, 0.25) is 0 Å². The number of rotatable bonds is 3. The number of halogens is 1. The third-order valence-corrected chi connectivity index (χ3v) is 3.19. The van der Waals surface area contributed by atoms with Crippen LogP contribution in [0.2, 0.25) is 0 Å². The average molecular weight is 292 g/mol. The van der Waals surface area contributed by atoms with E-state index in [1.165, 1.54) is 12.1 Å². The fraction of sp³-hybridized carbons (Fsp3) is 0.286. The molecule has 6 heteroatoms. The molecule has 1 aromatic heterocycles. The summed E-state index contributed by atoms with van der Waals surface area (Å²) in [7, 11) is 1.89. The van der Waals surface area contributed by atoms with Gasteiger partial charge in [-0.1, -0.05) is 0 Å². The molecule has 20 heavy (non-hydrogen) atoms. The van der Waals surface area contributed by atoms with Gasteiger partial charge in [0.05, 0.1) is 11.7 Å². The lowest BCUT2D eigenvalue weighted by molar-refractivity contribution is 0.628. The summed E-state index contributed by atoms with van der Waals surface area (Å²) in [5.74, 6) is -0.270. The highest BCUT2D eigenvalue weighted by atomic mass is 32.1. The monoisotopic (exact) mass is 292 g/mol. The SMILES string of the molecule is Cc1nn(C)cc1C(C)NC(=S)Nc1ccc(F)cc1. The van der Waals surface area contributed by atoms with Crippen molar-refractivity contribution in [3.63, 3.8) is 0 Å². The molecule has 4 nitrogen and oxygen atoms in total. The van der Waals surface area contributed by atoms with Gasteiger partial charge in [-0.2, -0.15) is 5.10 Å². The minimum absolute atomic E-state index is 0.0455. The highest BCUT2D eigenvalue weighted by Gasteiger charge is 2.12. The number of hydrogen-bond donors (Lipinski definition) is 2. The second-order valence-corrected chi connectivity index (χ2v) is 5.08. The Balaban J connectivity index is 1.97. The first-order valence-corrected chi connectivity index (χ1v) is 6.70. The second kappa shape index (κ2) is 6.00. The molecule has 0 aliphatic rings. The normalized spacial score (nSPS) is 12.0. The van der Waals surface area contributed by atoms with Crippen molar-refractivity contribution < 1.29 is 4.39 Å². The Morgan fingerprint density at radius 2 is 2.00 bits per heavy atom.